The van der Waals surface area contributed by atoms with E-state index in [2.05, 4.69) is 15.3 Å². The van der Waals surface area contributed by atoms with Crippen LogP contribution < -0.4 is 16.5 Å². The number of hydrogen-bond donors (Lipinski definition) is 2. The van der Waals surface area contributed by atoms with Gasteiger partial charge in [-0.15, -0.1) is 0 Å². The number of halogens is 3. The number of fused-ring (bicyclic) bond motifs is 1. The maximum absolute atomic E-state index is 13.6. The second kappa shape index (κ2) is 10.1. The van der Waals surface area contributed by atoms with Crippen molar-refractivity contribution < 1.29 is 13.2 Å². The minimum atomic E-state index is -2.81. The molecule has 4 aromatic rings. The molecule has 0 saturated carbocycles. The lowest BCUT2D eigenvalue weighted by molar-refractivity contribution is 0.147. The number of nitrogen functional groups attached to an aromatic ring is 1. The predicted molar refractivity (Wildman–Crippen MR) is 142 cm³/mol. The Morgan fingerprint density at radius 2 is 1.92 bits per heavy atom. The monoisotopic (exact) mass is 510 g/mol. The first-order valence-electron chi connectivity index (χ1n) is 11.2. The predicted octanol–water partition coefficient (Wildman–Crippen LogP) is 6.87. The van der Waals surface area contributed by atoms with E-state index in [-0.39, 0.29) is 16.3 Å². The number of benzene rings is 2. The Bertz CT molecular complexity index is 1550. The van der Waals surface area contributed by atoms with E-state index >= 15 is 0 Å². The van der Waals surface area contributed by atoms with Crippen LogP contribution in [0.5, 0.6) is 0 Å². The molecule has 1 unspecified atom stereocenters. The number of anilines is 2. The van der Waals surface area contributed by atoms with Crippen LogP contribution in [-0.2, 0) is 0 Å². The van der Waals surface area contributed by atoms with Crippen LogP contribution in [-0.4, -0.2) is 18.2 Å². The van der Waals surface area contributed by atoms with E-state index in [1.165, 1.54) is 12.1 Å². The normalized spacial score (nSPS) is 12.6. The largest absolute Gasteiger partial charge is 0.455 e. The maximum Gasteiger partial charge on any atom is 0.282 e. The van der Waals surface area contributed by atoms with Crippen molar-refractivity contribution in [3.05, 3.63) is 85.8 Å². The van der Waals surface area contributed by atoms with Gasteiger partial charge in [-0.1, -0.05) is 17.7 Å². The molecular weight excluding hydrogens is 486 g/mol. The van der Waals surface area contributed by atoms with Crippen LogP contribution in [0.2, 0.25) is 5.15 Å². The van der Waals surface area contributed by atoms with Crippen molar-refractivity contribution in [2.24, 2.45) is 4.99 Å². The molecule has 0 spiro atoms. The smallest absolute Gasteiger partial charge is 0.282 e. The SMILES string of the molecule is CN=Cc1cc(-c2oc3c(C(C)Nc4ccc(Cl)nc4C(F)F)cc(C)cc3c(=O)c2C)ccc1N. The van der Waals surface area contributed by atoms with E-state index in [1.807, 2.05) is 19.1 Å². The van der Waals surface area contributed by atoms with Crippen molar-refractivity contribution in [3.8, 4) is 11.3 Å². The van der Waals surface area contributed by atoms with Crippen LogP contribution in [0.25, 0.3) is 22.3 Å². The van der Waals surface area contributed by atoms with E-state index in [0.717, 1.165) is 5.56 Å². The van der Waals surface area contributed by atoms with Gasteiger partial charge in [-0.25, -0.2) is 13.8 Å². The molecule has 2 aromatic heterocycles. The van der Waals surface area contributed by atoms with Crippen LogP contribution in [0, 0.1) is 13.8 Å². The van der Waals surface area contributed by atoms with E-state index in [9.17, 15) is 13.6 Å². The van der Waals surface area contributed by atoms with E-state index in [4.69, 9.17) is 21.8 Å². The number of aromatic nitrogens is 1. The van der Waals surface area contributed by atoms with Crippen LogP contribution in [0.1, 0.15) is 47.3 Å². The number of nitrogens with zero attached hydrogens (tertiary/aromatic N) is 2. The van der Waals surface area contributed by atoms with Crippen LogP contribution in [0.4, 0.5) is 20.2 Å². The van der Waals surface area contributed by atoms with Gasteiger partial charge in [0.15, 0.2) is 5.43 Å². The van der Waals surface area contributed by atoms with Crippen molar-refractivity contribution in [2.45, 2.75) is 33.2 Å². The van der Waals surface area contributed by atoms with Crippen LogP contribution >= 0.6 is 11.6 Å². The number of aryl methyl sites for hydroxylation is 1. The first-order chi connectivity index (χ1) is 17.1. The molecule has 9 heteroatoms. The Hall–Kier alpha value is -3.78. The highest BCUT2D eigenvalue weighted by Crippen LogP contribution is 2.34. The Labute approximate surface area is 211 Å². The van der Waals surface area contributed by atoms with Gasteiger partial charge in [0.05, 0.1) is 17.1 Å². The summed E-state index contributed by atoms with van der Waals surface area (Å²) >= 11 is 5.82. The number of nitrogens with two attached hydrogens (primary N) is 1. The lowest BCUT2D eigenvalue weighted by atomic mass is 9.98. The zero-order valence-corrected chi connectivity index (χ0v) is 21.0. The molecule has 6 nitrogen and oxygen atoms in total. The average molecular weight is 511 g/mol. The third kappa shape index (κ3) is 4.81. The fourth-order valence-corrected chi connectivity index (χ4v) is 4.33. The minimum absolute atomic E-state index is 0.0217. The molecule has 0 aliphatic rings. The van der Waals surface area contributed by atoms with Crippen molar-refractivity contribution >= 4 is 40.2 Å². The highest BCUT2D eigenvalue weighted by Gasteiger charge is 2.22. The third-order valence-corrected chi connectivity index (χ3v) is 6.16. The van der Waals surface area contributed by atoms with E-state index in [0.29, 0.717) is 44.7 Å². The number of alkyl halides is 2. The Balaban J connectivity index is 1.89. The van der Waals surface area contributed by atoms with Gasteiger partial charge in [-0.3, -0.25) is 9.79 Å². The molecule has 1 atom stereocenters. The zero-order chi connectivity index (χ0) is 26.1. The maximum atomic E-state index is 13.6. The van der Waals surface area contributed by atoms with Crippen molar-refractivity contribution in [1.29, 1.82) is 0 Å². The van der Waals surface area contributed by atoms with Crippen molar-refractivity contribution in [3.63, 3.8) is 0 Å². The van der Waals surface area contributed by atoms with Crippen molar-refractivity contribution in [1.82, 2.24) is 4.98 Å². The van der Waals surface area contributed by atoms with Gasteiger partial charge < -0.3 is 15.5 Å². The second-order valence-electron chi connectivity index (χ2n) is 8.58. The van der Waals surface area contributed by atoms with E-state index < -0.39 is 18.2 Å². The molecule has 2 aromatic carbocycles. The minimum Gasteiger partial charge on any atom is -0.455 e. The standard InChI is InChI=1S/C27H25ClF2N4O2/c1-13-9-18(15(3)33-21-7-8-22(28)34-23(21)27(29)30)26-19(10-13)24(35)14(2)25(36-26)16-5-6-20(31)17(11-16)12-32-4/h5-12,15,27,33H,31H2,1-4H3. The molecule has 0 fully saturated rings. The van der Waals surface area contributed by atoms with Gasteiger partial charge in [0.25, 0.3) is 6.43 Å². The molecule has 0 bridgehead atoms. The van der Waals surface area contributed by atoms with Gasteiger partial charge in [-0.2, -0.15) is 0 Å². The summed E-state index contributed by atoms with van der Waals surface area (Å²) in [5, 5.41) is 3.47. The highest BCUT2D eigenvalue weighted by atomic mass is 35.5. The Morgan fingerprint density at radius 1 is 1.17 bits per heavy atom. The number of aliphatic imine (C=N–C) groups is 1. The molecule has 4 rings (SSSR count). The first kappa shape index (κ1) is 25.3. The summed E-state index contributed by atoms with van der Waals surface area (Å²) in [4.78, 5) is 21.2. The van der Waals surface area contributed by atoms with Gasteiger partial charge in [0.1, 0.15) is 22.2 Å². The molecule has 0 amide bonds. The molecule has 36 heavy (non-hydrogen) atoms. The molecule has 186 valence electrons. The fourth-order valence-electron chi connectivity index (χ4n) is 4.18. The number of pyridine rings is 1. The third-order valence-electron chi connectivity index (χ3n) is 5.95. The fraction of sp³-hybridized carbons (Fsp3) is 0.222. The van der Waals surface area contributed by atoms with Crippen LogP contribution in [0.15, 0.2) is 56.7 Å². The Morgan fingerprint density at radius 3 is 2.61 bits per heavy atom. The van der Waals surface area contributed by atoms with Crippen molar-refractivity contribution in [2.75, 3.05) is 18.1 Å². The van der Waals surface area contributed by atoms with E-state index in [1.54, 1.807) is 45.3 Å². The quantitative estimate of drug-likeness (QED) is 0.168. The molecule has 3 N–H and O–H groups in total. The number of nitrogens with one attached hydrogen (secondary N) is 1. The first-order valence-corrected chi connectivity index (χ1v) is 11.6. The summed E-state index contributed by atoms with van der Waals surface area (Å²) in [6, 6.07) is 11.4. The topological polar surface area (TPSA) is 93.5 Å². The van der Waals surface area contributed by atoms with Gasteiger partial charge in [0.2, 0.25) is 0 Å². The molecule has 0 saturated heterocycles. The summed E-state index contributed by atoms with van der Waals surface area (Å²) in [5.74, 6) is 0.400. The van der Waals surface area contributed by atoms with Gasteiger partial charge in [0, 0.05) is 41.2 Å². The lowest BCUT2D eigenvalue weighted by Gasteiger charge is -2.20. The zero-order valence-electron chi connectivity index (χ0n) is 20.2. The van der Waals surface area contributed by atoms with Crippen LogP contribution in [0.3, 0.4) is 0 Å². The summed E-state index contributed by atoms with van der Waals surface area (Å²) in [6.07, 6.45) is -1.18. The summed E-state index contributed by atoms with van der Waals surface area (Å²) in [7, 11) is 1.65. The molecule has 0 radical (unpaired) electrons. The highest BCUT2D eigenvalue weighted by molar-refractivity contribution is 6.29. The average Bonchev–Trinajstić information content (AvgIpc) is 2.83. The molecular formula is C27H25ClF2N4O2. The molecule has 0 aliphatic carbocycles. The molecule has 0 aliphatic heterocycles. The number of hydrogen-bond acceptors (Lipinski definition) is 6. The number of rotatable bonds is 6. The Kier molecular flexibility index (Phi) is 7.08. The summed E-state index contributed by atoms with van der Waals surface area (Å²) in [6.45, 7) is 5.38. The summed E-state index contributed by atoms with van der Waals surface area (Å²) < 4.78 is 33.5. The van der Waals surface area contributed by atoms with Gasteiger partial charge >= 0.3 is 0 Å². The molecule has 2 heterocycles. The second-order valence-corrected chi connectivity index (χ2v) is 8.97. The lowest BCUT2D eigenvalue weighted by Crippen LogP contribution is -2.13. The van der Waals surface area contributed by atoms with Gasteiger partial charge in [-0.05, 0) is 62.7 Å². The summed E-state index contributed by atoms with van der Waals surface area (Å²) in [5.41, 5.74) is 9.79.